The van der Waals surface area contributed by atoms with Crippen molar-refractivity contribution in [2.75, 3.05) is 30.7 Å². The van der Waals surface area contributed by atoms with Crippen molar-refractivity contribution in [3.8, 4) is 23.0 Å². The lowest BCUT2D eigenvalue weighted by molar-refractivity contribution is -0.139. The largest absolute Gasteiger partial charge is 0.493 e. The summed E-state index contributed by atoms with van der Waals surface area (Å²) in [5, 5.41) is 12.3. The van der Waals surface area contributed by atoms with E-state index in [1.165, 1.54) is 7.11 Å². The molecule has 9 heteroatoms. The van der Waals surface area contributed by atoms with Crippen LogP contribution in [0.5, 0.6) is 23.0 Å². The minimum absolute atomic E-state index is 0.131. The first-order valence-electron chi connectivity index (χ1n) is 10.2. The van der Waals surface area contributed by atoms with E-state index in [0.29, 0.717) is 39.9 Å². The smallest absolute Gasteiger partial charge is 0.341 e. The summed E-state index contributed by atoms with van der Waals surface area (Å²) >= 11 is 0. The highest BCUT2D eigenvalue weighted by molar-refractivity contribution is 6.12. The molecular weight excluding hydrogens is 428 g/mol. The summed E-state index contributed by atoms with van der Waals surface area (Å²) in [7, 11) is 1.47. The van der Waals surface area contributed by atoms with Crippen LogP contribution in [-0.4, -0.2) is 37.5 Å². The molecule has 0 unspecified atom stereocenters. The fourth-order valence-electron chi connectivity index (χ4n) is 3.90. The molecule has 3 aromatic rings. The van der Waals surface area contributed by atoms with Gasteiger partial charge in [0.15, 0.2) is 29.6 Å². The number of amides is 1. The molecule has 0 spiro atoms. The zero-order chi connectivity index (χ0) is 22.9. The van der Waals surface area contributed by atoms with Crippen molar-refractivity contribution in [1.82, 2.24) is 0 Å². The molecule has 168 valence electrons. The lowest BCUT2D eigenvalue weighted by Gasteiger charge is -2.38. The predicted molar refractivity (Wildman–Crippen MR) is 118 cm³/mol. The number of para-hydroxylation sites is 1. The summed E-state index contributed by atoms with van der Waals surface area (Å²) in [5.74, 6) is 0.556. The van der Waals surface area contributed by atoms with E-state index in [2.05, 4.69) is 5.32 Å². The molecule has 0 saturated carbocycles. The first-order chi connectivity index (χ1) is 16.0. The minimum atomic E-state index is -1.09. The normalized spacial score (nSPS) is 16.1. The number of aliphatic carboxylic acids is 1. The van der Waals surface area contributed by atoms with Crippen LogP contribution in [0.4, 0.5) is 11.4 Å². The molecule has 1 amide bonds. The van der Waals surface area contributed by atoms with Gasteiger partial charge in [0.25, 0.3) is 5.91 Å². The standard InChI is InChI=1S/C24H20N2O7/c1-30-20-10-14(6-8-18(20)31-12-22(27)28)23-25-17-5-3-2-4-16(17)24(29)26(23)15-7-9-19-21(11-15)33-13-32-19/h2-11,23,25H,12-13H2,1H3,(H,27,28)/t23-/m0/s1. The second kappa shape index (κ2) is 8.27. The fraction of sp³-hybridized carbons (Fsp3) is 0.167. The molecule has 0 bridgehead atoms. The topological polar surface area (TPSA) is 107 Å². The van der Waals surface area contributed by atoms with Crippen LogP contribution in [0.3, 0.4) is 0 Å². The van der Waals surface area contributed by atoms with E-state index in [4.69, 9.17) is 24.1 Å². The van der Waals surface area contributed by atoms with E-state index < -0.39 is 18.7 Å². The SMILES string of the molecule is COc1cc([C@H]2Nc3ccccc3C(=O)N2c2ccc3c(c2)OCO3)ccc1OCC(=O)O. The fourth-order valence-corrected chi connectivity index (χ4v) is 3.90. The molecule has 1 atom stereocenters. The van der Waals surface area contributed by atoms with E-state index in [-0.39, 0.29) is 12.7 Å². The number of carboxylic acids is 1. The quantitative estimate of drug-likeness (QED) is 0.589. The van der Waals surface area contributed by atoms with Crippen LogP contribution in [0.1, 0.15) is 22.1 Å². The Morgan fingerprint density at radius 3 is 2.73 bits per heavy atom. The highest BCUT2D eigenvalue weighted by Gasteiger charge is 2.35. The number of carboxylic acid groups (broad SMARTS) is 1. The number of hydrogen-bond donors (Lipinski definition) is 2. The molecule has 0 radical (unpaired) electrons. The van der Waals surface area contributed by atoms with Crippen LogP contribution >= 0.6 is 0 Å². The highest BCUT2D eigenvalue weighted by Crippen LogP contribution is 2.42. The zero-order valence-corrected chi connectivity index (χ0v) is 17.6. The van der Waals surface area contributed by atoms with Crippen LogP contribution in [-0.2, 0) is 4.79 Å². The molecule has 2 heterocycles. The van der Waals surface area contributed by atoms with Crippen LogP contribution in [0.15, 0.2) is 60.7 Å². The molecule has 0 fully saturated rings. The van der Waals surface area contributed by atoms with Crippen molar-refractivity contribution >= 4 is 23.3 Å². The molecule has 0 aliphatic carbocycles. The Hall–Kier alpha value is -4.40. The number of methoxy groups -OCH3 is 1. The average molecular weight is 448 g/mol. The number of carbonyl (C=O) groups is 2. The van der Waals surface area contributed by atoms with Gasteiger partial charge in [-0.15, -0.1) is 0 Å². The van der Waals surface area contributed by atoms with E-state index >= 15 is 0 Å². The molecule has 33 heavy (non-hydrogen) atoms. The van der Waals surface area contributed by atoms with E-state index in [9.17, 15) is 9.59 Å². The number of fused-ring (bicyclic) bond motifs is 2. The van der Waals surface area contributed by atoms with Gasteiger partial charge in [0.2, 0.25) is 6.79 Å². The van der Waals surface area contributed by atoms with Crippen molar-refractivity contribution < 1.29 is 33.6 Å². The molecule has 0 saturated heterocycles. The van der Waals surface area contributed by atoms with Gasteiger partial charge in [-0.25, -0.2) is 4.79 Å². The number of anilines is 2. The van der Waals surface area contributed by atoms with Crippen molar-refractivity contribution in [3.63, 3.8) is 0 Å². The third-order valence-corrected chi connectivity index (χ3v) is 5.42. The lowest BCUT2D eigenvalue weighted by Crippen LogP contribution is -2.43. The summed E-state index contributed by atoms with van der Waals surface area (Å²) in [6, 6.07) is 17.7. The Kier molecular flexibility index (Phi) is 5.14. The minimum Gasteiger partial charge on any atom is -0.493 e. The molecule has 5 rings (SSSR count). The molecule has 2 N–H and O–H groups in total. The second-order valence-corrected chi connectivity index (χ2v) is 7.40. The van der Waals surface area contributed by atoms with Crippen LogP contribution in [0.2, 0.25) is 0 Å². The lowest BCUT2D eigenvalue weighted by atomic mass is 10.0. The summed E-state index contributed by atoms with van der Waals surface area (Å²) in [4.78, 5) is 26.1. The molecule has 2 aliphatic rings. The van der Waals surface area contributed by atoms with Crippen LogP contribution in [0.25, 0.3) is 0 Å². The Morgan fingerprint density at radius 1 is 1.09 bits per heavy atom. The molecule has 2 aliphatic heterocycles. The predicted octanol–water partition coefficient (Wildman–Crippen LogP) is 3.66. The second-order valence-electron chi connectivity index (χ2n) is 7.40. The van der Waals surface area contributed by atoms with E-state index in [0.717, 1.165) is 5.56 Å². The van der Waals surface area contributed by atoms with Gasteiger partial charge in [-0.2, -0.15) is 0 Å². The van der Waals surface area contributed by atoms with Crippen LogP contribution in [0, 0.1) is 0 Å². The average Bonchev–Trinajstić information content (AvgIpc) is 3.30. The maximum absolute atomic E-state index is 13.6. The summed E-state index contributed by atoms with van der Waals surface area (Å²) < 4.78 is 21.7. The number of ether oxygens (including phenoxy) is 4. The first-order valence-corrected chi connectivity index (χ1v) is 10.2. The molecule has 3 aromatic carbocycles. The highest BCUT2D eigenvalue weighted by atomic mass is 16.7. The molecule has 0 aromatic heterocycles. The van der Waals surface area contributed by atoms with E-state index in [1.54, 1.807) is 47.4 Å². The van der Waals surface area contributed by atoms with Crippen molar-refractivity contribution in [3.05, 3.63) is 71.8 Å². The van der Waals surface area contributed by atoms with Gasteiger partial charge in [-0.1, -0.05) is 18.2 Å². The van der Waals surface area contributed by atoms with Gasteiger partial charge < -0.3 is 29.4 Å². The molecular formula is C24H20N2O7. The number of benzene rings is 3. The van der Waals surface area contributed by atoms with Gasteiger partial charge in [-0.05, 0) is 42.0 Å². The van der Waals surface area contributed by atoms with Gasteiger partial charge in [-0.3, -0.25) is 9.69 Å². The van der Waals surface area contributed by atoms with Crippen molar-refractivity contribution in [2.45, 2.75) is 6.17 Å². The van der Waals surface area contributed by atoms with Crippen molar-refractivity contribution in [2.24, 2.45) is 0 Å². The van der Waals surface area contributed by atoms with Crippen LogP contribution < -0.4 is 29.2 Å². The third-order valence-electron chi connectivity index (χ3n) is 5.42. The first kappa shape index (κ1) is 20.5. The number of rotatable bonds is 6. The Bertz CT molecular complexity index is 1240. The number of nitrogens with zero attached hydrogens (tertiary/aromatic N) is 1. The molecule has 9 nitrogen and oxygen atoms in total. The maximum Gasteiger partial charge on any atom is 0.341 e. The van der Waals surface area contributed by atoms with E-state index in [1.807, 2.05) is 18.2 Å². The monoisotopic (exact) mass is 448 g/mol. The Labute approximate surface area is 189 Å². The van der Waals surface area contributed by atoms with Crippen molar-refractivity contribution in [1.29, 1.82) is 0 Å². The maximum atomic E-state index is 13.6. The Morgan fingerprint density at radius 2 is 1.91 bits per heavy atom. The summed E-state index contributed by atoms with van der Waals surface area (Å²) in [6.45, 7) is -0.362. The third kappa shape index (κ3) is 3.73. The number of nitrogens with one attached hydrogen (secondary N) is 1. The zero-order valence-electron chi connectivity index (χ0n) is 17.6. The van der Waals surface area contributed by atoms with Gasteiger partial charge in [0.1, 0.15) is 6.17 Å². The van der Waals surface area contributed by atoms with Gasteiger partial charge in [0, 0.05) is 11.8 Å². The number of carbonyl (C=O) groups excluding carboxylic acids is 1. The Balaban J connectivity index is 1.58. The number of hydrogen-bond acceptors (Lipinski definition) is 7. The van der Waals surface area contributed by atoms with Gasteiger partial charge in [0.05, 0.1) is 18.4 Å². The summed E-state index contributed by atoms with van der Waals surface area (Å²) in [6.07, 6.45) is -0.574. The summed E-state index contributed by atoms with van der Waals surface area (Å²) in [5.41, 5.74) is 2.59. The van der Waals surface area contributed by atoms with Gasteiger partial charge >= 0.3 is 5.97 Å².